The van der Waals surface area contributed by atoms with Crippen molar-refractivity contribution in [3.63, 3.8) is 0 Å². The van der Waals surface area contributed by atoms with Crippen LogP contribution in [0, 0.1) is 6.92 Å². The van der Waals surface area contributed by atoms with Crippen LogP contribution in [0.1, 0.15) is 5.69 Å². The standard InChI is InChI=1S/C12H12N3O/c1-8-3-4-9-7-10(15-12(16)13-2)5-6-11(9)14-8/h3-7H,1H2,2H3,(H2,13,15,16). The average molecular weight is 214 g/mol. The molecule has 0 unspecified atom stereocenters. The van der Waals surface area contributed by atoms with Crippen LogP contribution in [0.2, 0.25) is 0 Å². The second-order valence-electron chi connectivity index (χ2n) is 3.41. The molecule has 0 fully saturated rings. The van der Waals surface area contributed by atoms with Crippen LogP contribution in [0.5, 0.6) is 0 Å². The molecule has 0 saturated carbocycles. The lowest BCUT2D eigenvalue weighted by Crippen LogP contribution is -2.24. The number of anilines is 1. The van der Waals surface area contributed by atoms with Crippen LogP contribution in [0.25, 0.3) is 10.9 Å². The van der Waals surface area contributed by atoms with Gasteiger partial charge >= 0.3 is 6.03 Å². The van der Waals surface area contributed by atoms with Gasteiger partial charge in [0, 0.05) is 23.8 Å². The Labute approximate surface area is 93.7 Å². The van der Waals surface area contributed by atoms with Crippen LogP contribution >= 0.6 is 0 Å². The van der Waals surface area contributed by atoms with E-state index in [2.05, 4.69) is 22.5 Å². The molecule has 4 heteroatoms. The fraction of sp³-hybridized carbons (Fsp3) is 0.0833. The summed E-state index contributed by atoms with van der Waals surface area (Å²) >= 11 is 0. The van der Waals surface area contributed by atoms with Gasteiger partial charge in [-0.15, -0.1) is 0 Å². The molecule has 1 heterocycles. The van der Waals surface area contributed by atoms with Crippen LogP contribution in [0.4, 0.5) is 10.5 Å². The molecule has 2 amide bonds. The van der Waals surface area contributed by atoms with Gasteiger partial charge in [-0.05, 0) is 31.2 Å². The lowest BCUT2D eigenvalue weighted by Gasteiger charge is -2.05. The van der Waals surface area contributed by atoms with Gasteiger partial charge in [0.15, 0.2) is 0 Å². The third-order valence-corrected chi connectivity index (χ3v) is 2.23. The minimum Gasteiger partial charge on any atom is -0.341 e. The van der Waals surface area contributed by atoms with Crippen molar-refractivity contribution in [1.82, 2.24) is 10.3 Å². The first kappa shape index (κ1) is 10.4. The average Bonchev–Trinajstić information content (AvgIpc) is 2.29. The van der Waals surface area contributed by atoms with E-state index < -0.39 is 0 Å². The van der Waals surface area contributed by atoms with Crippen molar-refractivity contribution < 1.29 is 4.79 Å². The number of carbonyl (C=O) groups excluding carboxylic acids is 1. The monoisotopic (exact) mass is 214 g/mol. The molecule has 16 heavy (non-hydrogen) atoms. The molecule has 0 saturated heterocycles. The minimum absolute atomic E-state index is 0.235. The molecule has 0 bridgehead atoms. The maximum absolute atomic E-state index is 11.1. The van der Waals surface area contributed by atoms with Crippen molar-refractivity contribution in [2.45, 2.75) is 0 Å². The smallest absolute Gasteiger partial charge is 0.318 e. The van der Waals surface area contributed by atoms with Crippen molar-refractivity contribution in [2.24, 2.45) is 0 Å². The summed E-state index contributed by atoms with van der Waals surface area (Å²) < 4.78 is 0. The predicted molar refractivity (Wildman–Crippen MR) is 64.3 cm³/mol. The number of amides is 2. The van der Waals surface area contributed by atoms with Gasteiger partial charge in [0.1, 0.15) is 0 Å². The molecule has 0 aliphatic carbocycles. The number of nitrogens with zero attached hydrogens (tertiary/aromatic N) is 1. The van der Waals surface area contributed by atoms with Crippen molar-refractivity contribution in [3.05, 3.63) is 42.9 Å². The highest BCUT2D eigenvalue weighted by molar-refractivity contribution is 5.92. The van der Waals surface area contributed by atoms with E-state index in [0.717, 1.165) is 22.3 Å². The zero-order valence-corrected chi connectivity index (χ0v) is 8.95. The molecule has 0 aliphatic heterocycles. The fourth-order valence-corrected chi connectivity index (χ4v) is 1.44. The summed E-state index contributed by atoms with van der Waals surface area (Å²) in [5.74, 6) is 0. The summed E-state index contributed by atoms with van der Waals surface area (Å²) in [6.07, 6.45) is 0. The number of fused-ring (bicyclic) bond motifs is 1. The summed E-state index contributed by atoms with van der Waals surface area (Å²) in [5, 5.41) is 6.17. The minimum atomic E-state index is -0.235. The summed E-state index contributed by atoms with van der Waals surface area (Å²) in [7, 11) is 1.58. The highest BCUT2D eigenvalue weighted by Crippen LogP contribution is 2.17. The lowest BCUT2D eigenvalue weighted by molar-refractivity contribution is 0.254. The van der Waals surface area contributed by atoms with E-state index in [1.54, 1.807) is 7.05 Å². The van der Waals surface area contributed by atoms with E-state index in [9.17, 15) is 4.79 Å². The zero-order chi connectivity index (χ0) is 11.5. The van der Waals surface area contributed by atoms with Gasteiger partial charge in [-0.25, -0.2) is 4.79 Å². The third-order valence-electron chi connectivity index (χ3n) is 2.23. The number of pyridine rings is 1. The van der Waals surface area contributed by atoms with Gasteiger partial charge in [-0.3, -0.25) is 4.98 Å². The molecule has 0 aliphatic rings. The Balaban J connectivity index is 2.37. The van der Waals surface area contributed by atoms with E-state index >= 15 is 0 Å². The first-order valence-electron chi connectivity index (χ1n) is 4.90. The Morgan fingerprint density at radius 3 is 2.88 bits per heavy atom. The van der Waals surface area contributed by atoms with Gasteiger partial charge < -0.3 is 10.6 Å². The van der Waals surface area contributed by atoms with E-state index in [-0.39, 0.29) is 6.03 Å². The summed E-state index contributed by atoms with van der Waals surface area (Å²) in [4.78, 5) is 15.4. The van der Waals surface area contributed by atoms with Crippen molar-refractivity contribution in [2.75, 3.05) is 12.4 Å². The topological polar surface area (TPSA) is 54.0 Å². The van der Waals surface area contributed by atoms with E-state index in [1.165, 1.54) is 0 Å². The summed E-state index contributed by atoms with van der Waals surface area (Å²) in [5.41, 5.74) is 2.35. The number of benzene rings is 1. The zero-order valence-electron chi connectivity index (χ0n) is 8.95. The maximum Gasteiger partial charge on any atom is 0.318 e. The Hall–Kier alpha value is -2.10. The van der Waals surface area contributed by atoms with Crippen molar-refractivity contribution in [1.29, 1.82) is 0 Å². The molecule has 0 atom stereocenters. The Morgan fingerprint density at radius 2 is 2.12 bits per heavy atom. The first-order valence-corrected chi connectivity index (χ1v) is 4.90. The number of carbonyl (C=O) groups is 1. The molecule has 81 valence electrons. The summed E-state index contributed by atoms with van der Waals surface area (Å²) in [6, 6.07) is 9.07. The largest absolute Gasteiger partial charge is 0.341 e. The van der Waals surface area contributed by atoms with Gasteiger partial charge in [0.2, 0.25) is 0 Å². The summed E-state index contributed by atoms with van der Waals surface area (Å²) in [6.45, 7) is 3.76. The maximum atomic E-state index is 11.1. The Bertz CT molecular complexity index is 537. The van der Waals surface area contributed by atoms with Crippen LogP contribution < -0.4 is 10.6 Å². The number of aromatic nitrogens is 1. The Kier molecular flexibility index (Phi) is 2.72. The number of urea groups is 1. The third kappa shape index (κ3) is 2.11. The molecule has 2 aromatic rings. The van der Waals surface area contributed by atoms with Crippen molar-refractivity contribution in [3.8, 4) is 0 Å². The van der Waals surface area contributed by atoms with Gasteiger partial charge in [-0.1, -0.05) is 6.07 Å². The quantitative estimate of drug-likeness (QED) is 0.764. The molecule has 0 spiro atoms. The molecule has 1 aromatic heterocycles. The van der Waals surface area contributed by atoms with Gasteiger partial charge in [0.25, 0.3) is 0 Å². The normalized spacial score (nSPS) is 10.1. The van der Waals surface area contributed by atoms with Crippen molar-refractivity contribution >= 4 is 22.6 Å². The number of nitrogens with one attached hydrogen (secondary N) is 2. The van der Waals surface area contributed by atoms with Crippen LogP contribution in [0.15, 0.2) is 30.3 Å². The van der Waals surface area contributed by atoms with Gasteiger partial charge in [-0.2, -0.15) is 0 Å². The lowest BCUT2D eigenvalue weighted by atomic mass is 10.2. The fourth-order valence-electron chi connectivity index (χ4n) is 1.44. The predicted octanol–water partition coefficient (Wildman–Crippen LogP) is 2.17. The second kappa shape index (κ2) is 4.18. The van der Waals surface area contributed by atoms with E-state index in [1.807, 2.05) is 30.3 Å². The molecular weight excluding hydrogens is 202 g/mol. The number of hydrogen-bond acceptors (Lipinski definition) is 2. The molecule has 1 aromatic carbocycles. The highest BCUT2D eigenvalue weighted by Gasteiger charge is 2.00. The van der Waals surface area contributed by atoms with Crippen LogP contribution in [-0.4, -0.2) is 18.1 Å². The number of hydrogen-bond donors (Lipinski definition) is 2. The molecule has 2 rings (SSSR count). The van der Waals surface area contributed by atoms with Gasteiger partial charge in [0.05, 0.1) is 5.52 Å². The second-order valence-corrected chi connectivity index (χ2v) is 3.41. The molecule has 4 nitrogen and oxygen atoms in total. The molecule has 2 N–H and O–H groups in total. The van der Waals surface area contributed by atoms with Crippen LogP contribution in [-0.2, 0) is 0 Å². The molecule has 1 radical (unpaired) electrons. The SMILES string of the molecule is [CH2]c1ccc2cc(NC(=O)NC)ccc2n1. The molecular formula is C12H12N3O. The van der Waals surface area contributed by atoms with E-state index in [4.69, 9.17) is 0 Å². The van der Waals surface area contributed by atoms with Crippen LogP contribution in [0.3, 0.4) is 0 Å². The number of rotatable bonds is 1. The first-order chi connectivity index (χ1) is 7.69. The van der Waals surface area contributed by atoms with E-state index in [0.29, 0.717) is 0 Å². The highest BCUT2D eigenvalue weighted by atomic mass is 16.2. The Morgan fingerprint density at radius 1 is 1.31 bits per heavy atom.